The first kappa shape index (κ1) is 15.7. The Morgan fingerprint density at radius 1 is 1.23 bits per heavy atom. The van der Waals surface area contributed by atoms with Crippen LogP contribution in [-0.4, -0.2) is 38.0 Å². The number of aliphatic carboxylic acids is 1. The summed E-state index contributed by atoms with van der Waals surface area (Å²) in [5, 5.41) is 19.5. The quantitative estimate of drug-likeness (QED) is 0.870. The van der Waals surface area contributed by atoms with Crippen LogP contribution < -0.4 is 5.32 Å². The maximum Gasteiger partial charge on any atom is 0.326 e. The fraction of sp³-hybridized carbons (Fsp3) is 0.333. The normalized spacial score (nSPS) is 12.2. The number of para-hydroxylation sites is 1. The standard InChI is InChI=1S/C15H18N4O3/c1-9(2)12(15(21)22)16-14(20)13-10(3)19(18-17-13)11-7-5-4-6-8-11/h4-9,12H,1-3H3,(H,16,20)(H,21,22)/t12-/m1/s1. The summed E-state index contributed by atoms with van der Waals surface area (Å²) in [7, 11) is 0. The predicted octanol–water partition coefficient (Wildman–Crippen LogP) is 1.41. The van der Waals surface area contributed by atoms with Crippen molar-refractivity contribution < 1.29 is 14.7 Å². The summed E-state index contributed by atoms with van der Waals surface area (Å²) in [5.74, 6) is -1.84. The third kappa shape index (κ3) is 3.13. The highest BCUT2D eigenvalue weighted by atomic mass is 16.4. The molecule has 0 aliphatic heterocycles. The van der Waals surface area contributed by atoms with E-state index in [1.54, 1.807) is 25.5 Å². The molecule has 0 fully saturated rings. The number of hydrogen-bond acceptors (Lipinski definition) is 4. The van der Waals surface area contributed by atoms with Crippen LogP contribution in [0.3, 0.4) is 0 Å². The molecule has 1 aromatic heterocycles. The lowest BCUT2D eigenvalue weighted by atomic mass is 10.0. The summed E-state index contributed by atoms with van der Waals surface area (Å²) in [6, 6.07) is 8.32. The van der Waals surface area contributed by atoms with Gasteiger partial charge in [-0.3, -0.25) is 4.79 Å². The number of rotatable bonds is 5. The van der Waals surface area contributed by atoms with Gasteiger partial charge in [-0.05, 0) is 25.0 Å². The minimum Gasteiger partial charge on any atom is -0.480 e. The molecule has 7 heteroatoms. The van der Waals surface area contributed by atoms with Gasteiger partial charge in [-0.15, -0.1) is 5.10 Å². The smallest absolute Gasteiger partial charge is 0.326 e. The van der Waals surface area contributed by atoms with Crippen LogP contribution in [0.4, 0.5) is 0 Å². The van der Waals surface area contributed by atoms with Crippen molar-refractivity contribution in [1.29, 1.82) is 0 Å². The summed E-state index contributed by atoms with van der Waals surface area (Å²) in [4.78, 5) is 23.4. The number of hydrogen-bond donors (Lipinski definition) is 2. The molecule has 0 unspecified atom stereocenters. The van der Waals surface area contributed by atoms with Crippen molar-refractivity contribution in [3.8, 4) is 5.69 Å². The Labute approximate surface area is 128 Å². The molecule has 2 aromatic rings. The second-order valence-electron chi connectivity index (χ2n) is 5.30. The van der Waals surface area contributed by atoms with Gasteiger partial charge in [0.15, 0.2) is 5.69 Å². The molecule has 0 saturated heterocycles. The van der Waals surface area contributed by atoms with Gasteiger partial charge < -0.3 is 10.4 Å². The first-order valence-electron chi connectivity index (χ1n) is 6.93. The zero-order valence-electron chi connectivity index (χ0n) is 12.6. The number of carbonyl (C=O) groups excluding carboxylic acids is 1. The summed E-state index contributed by atoms with van der Waals surface area (Å²) >= 11 is 0. The van der Waals surface area contributed by atoms with Crippen molar-refractivity contribution >= 4 is 11.9 Å². The molecule has 2 N–H and O–H groups in total. The Morgan fingerprint density at radius 2 is 1.86 bits per heavy atom. The van der Waals surface area contributed by atoms with Gasteiger partial charge in [-0.1, -0.05) is 37.3 Å². The first-order chi connectivity index (χ1) is 10.4. The molecule has 0 radical (unpaired) electrons. The molecule has 0 saturated carbocycles. The fourth-order valence-electron chi connectivity index (χ4n) is 2.08. The van der Waals surface area contributed by atoms with Gasteiger partial charge in [0.05, 0.1) is 11.4 Å². The van der Waals surface area contributed by atoms with Crippen LogP contribution >= 0.6 is 0 Å². The largest absolute Gasteiger partial charge is 0.480 e. The molecule has 1 aromatic carbocycles. The molecule has 2 rings (SSSR count). The fourth-order valence-corrected chi connectivity index (χ4v) is 2.08. The van der Waals surface area contributed by atoms with E-state index < -0.39 is 17.9 Å². The maximum absolute atomic E-state index is 12.2. The average molecular weight is 302 g/mol. The second-order valence-corrected chi connectivity index (χ2v) is 5.30. The highest BCUT2D eigenvalue weighted by molar-refractivity contribution is 5.95. The molecule has 0 aliphatic rings. The van der Waals surface area contributed by atoms with Gasteiger partial charge >= 0.3 is 5.97 Å². The molecule has 0 bridgehead atoms. The number of aromatic nitrogens is 3. The average Bonchev–Trinajstić information content (AvgIpc) is 2.86. The number of amides is 1. The molecule has 1 heterocycles. The van der Waals surface area contributed by atoms with Gasteiger partial charge in [0, 0.05) is 0 Å². The van der Waals surface area contributed by atoms with Crippen molar-refractivity contribution in [2.24, 2.45) is 5.92 Å². The van der Waals surface area contributed by atoms with Crippen molar-refractivity contribution in [1.82, 2.24) is 20.3 Å². The highest BCUT2D eigenvalue weighted by Crippen LogP contribution is 2.12. The number of carboxylic acids is 1. The molecule has 22 heavy (non-hydrogen) atoms. The van der Waals surface area contributed by atoms with Crippen LogP contribution in [0.5, 0.6) is 0 Å². The van der Waals surface area contributed by atoms with E-state index in [9.17, 15) is 9.59 Å². The molecule has 1 atom stereocenters. The Hall–Kier alpha value is -2.70. The second kappa shape index (κ2) is 6.38. The van der Waals surface area contributed by atoms with Crippen molar-refractivity contribution in [3.05, 3.63) is 41.7 Å². The van der Waals surface area contributed by atoms with E-state index in [4.69, 9.17) is 5.11 Å². The zero-order chi connectivity index (χ0) is 16.3. The SMILES string of the molecule is Cc1c(C(=O)N[C@@H](C(=O)O)C(C)C)nnn1-c1ccccc1. The zero-order valence-corrected chi connectivity index (χ0v) is 12.6. The summed E-state index contributed by atoms with van der Waals surface area (Å²) < 4.78 is 1.54. The minimum absolute atomic E-state index is 0.121. The molecular formula is C15H18N4O3. The topological polar surface area (TPSA) is 97.1 Å². The van der Waals surface area contributed by atoms with Gasteiger partial charge in [0.1, 0.15) is 6.04 Å². The van der Waals surface area contributed by atoms with Crippen molar-refractivity contribution in [2.45, 2.75) is 26.8 Å². The number of carbonyl (C=O) groups is 2. The van der Waals surface area contributed by atoms with Crippen molar-refractivity contribution in [2.75, 3.05) is 0 Å². The Balaban J connectivity index is 2.25. The maximum atomic E-state index is 12.2. The van der Waals surface area contributed by atoms with Gasteiger partial charge in [0.25, 0.3) is 5.91 Å². The van der Waals surface area contributed by atoms with Gasteiger partial charge in [0.2, 0.25) is 0 Å². The molecule has 0 spiro atoms. The first-order valence-corrected chi connectivity index (χ1v) is 6.93. The Morgan fingerprint density at radius 3 is 2.41 bits per heavy atom. The third-order valence-corrected chi connectivity index (χ3v) is 3.33. The molecule has 1 amide bonds. The lowest BCUT2D eigenvalue weighted by molar-refractivity contribution is -0.140. The van der Waals surface area contributed by atoms with Crippen LogP contribution in [0.15, 0.2) is 30.3 Å². The summed E-state index contributed by atoms with van der Waals surface area (Å²) in [6.07, 6.45) is 0. The van der Waals surface area contributed by atoms with Gasteiger partial charge in [-0.2, -0.15) is 0 Å². The summed E-state index contributed by atoms with van der Waals surface area (Å²) in [6.45, 7) is 5.17. The van der Waals surface area contributed by atoms with Crippen molar-refractivity contribution in [3.63, 3.8) is 0 Å². The number of carboxylic acid groups (broad SMARTS) is 1. The predicted molar refractivity (Wildman–Crippen MR) is 79.8 cm³/mol. The van der Waals surface area contributed by atoms with E-state index in [-0.39, 0.29) is 11.6 Å². The molecule has 116 valence electrons. The van der Waals surface area contributed by atoms with Gasteiger partial charge in [-0.25, -0.2) is 9.48 Å². The lowest BCUT2D eigenvalue weighted by Gasteiger charge is -2.17. The lowest BCUT2D eigenvalue weighted by Crippen LogP contribution is -2.44. The van der Waals surface area contributed by atoms with E-state index in [0.29, 0.717) is 5.69 Å². The van der Waals surface area contributed by atoms with E-state index in [2.05, 4.69) is 15.6 Å². The van der Waals surface area contributed by atoms with Crippen LogP contribution in [-0.2, 0) is 4.79 Å². The monoisotopic (exact) mass is 302 g/mol. The van der Waals surface area contributed by atoms with Crippen LogP contribution in [0.2, 0.25) is 0 Å². The third-order valence-electron chi connectivity index (χ3n) is 3.33. The number of benzene rings is 1. The molecule has 7 nitrogen and oxygen atoms in total. The van der Waals surface area contributed by atoms with E-state index in [0.717, 1.165) is 5.69 Å². The van der Waals surface area contributed by atoms with E-state index >= 15 is 0 Å². The number of nitrogens with zero attached hydrogens (tertiary/aromatic N) is 3. The molecular weight excluding hydrogens is 284 g/mol. The van der Waals surface area contributed by atoms with E-state index in [1.807, 2.05) is 30.3 Å². The van der Waals surface area contributed by atoms with Crippen LogP contribution in [0.1, 0.15) is 30.0 Å². The Bertz CT molecular complexity index is 679. The van der Waals surface area contributed by atoms with Crippen LogP contribution in [0, 0.1) is 12.8 Å². The summed E-state index contributed by atoms with van der Waals surface area (Å²) in [5.41, 5.74) is 1.46. The Kier molecular flexibility index (Phi) is 4.55. The van der Waals surface area contributed by atoms with E-state index in [1.165, 1.54) is 0 Å². The number of nitrogens with one attached hydrogen (secondary N) is 1. The minimum atomic E-state index is -1.07. The highest BCUT2D eigenvalue weighted by Gasteiger charge is 2.26. The van der Waals surface area contributed by atoms with Crippen LogP contribution in [0.25, 0.3) is 5.69 Å². The molecule has 0 aliphatic carbocycles.